The zero-order valence-electron chi connectivity index (χ0n) is 16.0. The minimum atomic E-state index is -0.140. The van der Waals surface area contributed by atoms with Crippen LogP contribution in [0.5, 0.6) is 0 Å². The predicted molar refractivity (Wildman–Crippen MR) is 112 cm³/mol. The Bertz CT molecular complexity index is 1120. The third-order valence-corrected chi connectivity index (χ3v) is 5.33. The zero-order chi connectivity index (χ0) is 20.2. The maximum atomic E-state index is 12.3. The average molecular weight is 405 g/mol. The van der Waals surface area contributed by atoms with Gasteiger partial charge in [-0.25, -0.2) is 9.67 Å². The normalized spacial score (nSPS) is 10.8. The number of anilines is 1. The second-order valence-corrected chi connectivity index (χ2v) is 7.39. The summed E-state index contributed by atoms with van der Waals surface area (Å²) in [5.41, 5.74) is 4.01. The second-order valence-electron chi connectivity index (χ2n) is 6.44. The summed E-state index contributed by atoms with van der Waals surface area (Å²) in [5, 5.41) is 15.8. The maximum Gasteiger partial charge on any atom is 0.234 e. The Morgan fingerprint density at radius 1 is 1.17 bits per heavy atom. The number of benzene rings is 1. The summed E-state index contributed by atoms with van der Waals surface area (Å²) in [4.78, 5) is 16.6. The van der Waals surface area contributed by atoms with E-state index in [4.69, 9.17) is 0 Å². The standard InChI is InChI=1S/C20H19N7OS/c1-14-4-6-17(10-15(14)2)26-13-22-25-20(26)29-12-19(28)24-16-5-7-18(21-11-16)27-9-3-8-23-27/h3-11,13H,12H2,1-2H3,(H,24,28). The van der Waals surface area contributed by atoms with E-state index in [-0.39, 0.29) is 11.7 Å². The molecule has 8 nitrogen and oxygen atoms in total. The lowest BCUT2D eigenvalue weighted by Gasteiger charge is -2.09. The Labute approximate surface area is 172 Å². The number of thioether (sulfide) groups is 1. The van der Waals surface area contributed by atoms with Gasteiger partial charge < -0.3 is 5.32 Å². The number of hydrogen-bond acceptors (Lipinski definition) is 6. The number of aryl methyl sites for hydroxylation is 2. The quantitative estimate of drug-likeness (QED) is 0.496. The van der Waals surface area contributed by atoms with E-state index in [2.05, 4.69) is 51.6 Å². The van der Waals surface area contributed by atoms with Crippen molar-refractivity contribution in [3.63, 3.8) is 0 Å². The lowest BCUT2D eigenvalue weighted by Crippen LogP contribution is -2.15. The van der Waals surface area contributed by atoms with Gasteiger partial charge in [0.05, 0.1) is 17.6 Å². The lowest BCUT2D eigenvalue weighted by atomic mass is 10.1. The number of hydrogen-bond donors (Lipinski definition) is 1. The first-order valence-corrected chi connectivity index (χ1v) is 9.95. The number of carbonyl (C=O) groups excluding carboxylic acids is 1. The highest BCUT2D eigenvalue weighted by atomic mass is 32.2. The number of nitrogens with one attached hydrogen (secondary N) is 1. The van der Waals surface area contributed by atoms with Gasteiger partial charge in [-0.15, -0.1) is 10.2 Å². The molecular weight excluding hydrogens is 386 g/mol. The predicted octanol–water partition coefficient (Wildman–Crippen LogP) is 3.20. The van der Waals surface area contributed by atoms with Crippen LogP contribution in [0.25, 0.3) is 11.5 Å². The summed E-state index contributed by atoms with van der Waals surface area (Å²) in [6.45, 7) is 4.14. The van der Waals surface area contributed by atoms with E-state index in [1.807, 2.05) is 22.9 Å². The molecular formula is C20H19N7OS. The fourth-order valence-electron chi connectivity index (χ4n) is 2.70. The Balaban J connectivity index is 1.38. The molecule has 0 unspecified atom stereocenters. The first-order chi connectivity index (χ1) is 14.1. The van der Waals surface area contributed by atoms with Crippen LogP contribution in [0.15, 0.2) is 66.5 Å². The third kappa shape index (κ3) is 4.35. The fraction of sp³-hybridized carbons (Fsp3) is 0.150. The van der Waals surface area contributed by atoms with Crippen molar-refractivity contribution >= 4 is 23.4 Å². The average Bonchev–Trinajstić information content (AvgIpc) is 3.41. The van der Waals surface area contributed by atoms with Crippen molar-refractivity contribution in [1.82, 2.24) is 29.5 Å². The van der Waals surface area contributed by atoms with Crippen LogP contribution in [0.4, 0.5) is 5.69 Å². The molecule has 29 heavy (non-hydrogen) atoms. The Kier molecular flexibility index (Phi) is 5.39. The SMILES string of the molecule is Cc1ccc(-n2cnnc2SCC(=O)Nc2ccc(-n3cccn3)nc2)cc1C. The van der Waals surface area contributed by atoms with E-state index in [0.29, 0.717) is 16.7 Å². The number of amides is 1. The molecule has 0 aliphatic carbocycles. The molecule has 3 heterocycles. The molecule has 1 N–H and O–H groups in total. The van der Waals surface area contributed by atoms with E-state index in [1.54, 1.807) is 35.5 Å². The van der Waals surface area contributed by atoms with Crippen LogP contribution < -0.4 is 5.32 Å². The molecule has 0 saturated carbocycles. The van der Waals surface area contributed by atoms with Crippen LogP contribution in [-0.4, -0.2) is 41.2 Å². The Hall–Kier alpha value is -3.46. The first-order valence-electron chi connectivity index (χ1n) is 8.96. The van der Waals surface area contributed by atoms with E-state index in [1.165, 1.54) is 22.9 Å². The summed E-state index contributed by atoms with van der Waals surface area (Å²) >= 11 is 1.33. The van der Waals surface area contributed by atoms with Crippen LogP contribution in [0.1, 0.15) is 11.1 Å². The summed E-state index contributed by atoms with van der Waals surface area (Å²) in [5.74, 6) is 0.756. The zero-order valence-corrected chi connectivity index (χ0v) is 16.8. The molecule has 146 valence electrons. The Morgan fingerprint density at radius 3 is 2.79 bits per heavy atom. The molecule has 4 rings (SSSR count). The topological polar surface area (TPSA) is 90.5 Å². The number of pyridine rings is 1. The van der Waals surface area contributed by atoms with Crippen LogP contribution in [0.3, 0.4) is 0 Å². The number of nitrogens with zero attached hydrogens (tertiary/aromatic N) is 6. The summed E-state index contributed by atoms with van der Waals surface area (Å²) in [6.07, 6.45) is 6.76. The molecule has 9 heteroatoms. The lowest BCUT2D eigenvalue weighted by molar-refractivity contribution is -0.113. The van der Waals surface area contributed by atoms with Crippen molar-refractivity contribution in [3.05, 3.63) is 72.4 Å². The van der Waals surface area contributed by atoms with Crippen molar-refractivity contribution in [2.45, 2.75) is 19.0 Å². The minimum absolute atomic E-state index is 0.140. The molecule has 0 radical (unpaired) electrons. The first kappa shape index (κ1) is 18.9. The van der Waals surface area contributed by atoms with Crippen LogP contribution in [0.2, 0.25) is 0 Å². The van der Waals surface area contributed by atoms with Crippen molar-refractivity contribution < 1.29 is 4.79 Å². The smallest absolute Gasteiger partial charge is 0.234 e. The van der Waals surface area contributed by atoms with Gasteiger partial charge in [-0.3, -0.25) is 9.36 Å². The summed E-state index contributed by atoms with van der Waals surface area (Å²) < 4.78 is 3.53. The van der Waals surface area contributed by atoms with Gasteiger partial charge in [0.15, 0.2) is 11.0 Å². The van der Waals surface area contributed by atoms with Crippen molar-refractivity contribution in [2.24, 2.45) is 0 Å². The summed E-state index contributed by atoms with van der Waals surface area (Å²) in [7, 11) is 0. The highest BCUT2D eigenvalue weighted by molar-refractivity contribution is 7.99. The van der Waals surface area contributed by atoms with Gasteiger partial charge in [0.1, 0.15) is 6.33 Å². The molecule has 1 aromatic carbocycles. The molecule has 0 aliphatic rings. The fourth-order valence-corrected chi connectivity index (χ4v) is 3.43. The number of aromatic nitrogens is 6. The van der Waals surface area contributed by atoms with Gasteiger partial charge in [0.2, 0.25) is 5.91 Å². The summed E-state index contributed by atoms with van der Waals surface area (Å²) in [6, 6.07) is 11.6. The van der Waals surface area contributed by atoms with Crippen LogP contribution in [0, 0.1) is 13.8 Å². The van der Waals surface area contributed by atoms with Gasteiger partial charge in [-0.2, -0.15) is 5.10 Å². The van der Waals surface area contributed by atoms with Crippen molar-refractivity contribution in [3.8, 4) is 11.5 Å². The largest absolute Gasteiger partial charge is 0.324 e. The van der Waals surface area contributed by atoms with E-state index in [9.17, 15) is 4.79 Å². The van der Waals surface area contributed by atoms with Crippen LogP contribution in [-0.2, 0) is 4.79 Å². The molecule has 0 fully saturated rings. The third-order valence-electron chi connectivity index (χ3n) is 4.39. The molecule has 4 aromatic rings. The molecule has 0 atom stereocenters. The molecule has 0 bridgehead atoms. The van der Waals surface area contributed by atoms with E-state index >= 15 is 0 Å². The molecule has 0 saturated heterocycles. The minimum Gasteiger partial charge on any atom is -0.324 e. The van der Waals surface area contributed by atoms with E-state index in [0.717, 1.165) is 5.69 Å². The van der Waals surface area contributed by atoms with Crippen molar-refractivity contribution in [1.29, 1.82) is 0 Å². The Morgan fingerprint density at radius 2 is 2.07 bits per heavy atom. The molecule has 0 aliphatic heterocycles. The molecule has 0 spiro atoms. The van der Waals surface area contributed by atoms with E-state index < -0.39 is 0 Å². The van der Waals surface area contributed by atoms with Crippen LogP contribution >= 0.6 is 11.8 Å². The monoisotopic (exact) mass is 405 g/mol. The van der Waals surface area contributed by atoms with Gasteiger partial charge in [-0.1, -0.05) is 17.8 Å². The maximum absolute atomic E-state index is 12.3. The van der Waals surface area contributed by atoms with Gasteiger partial charge in [0.25, 0.3) is 0 Å². The highest BCUT2D eigenvalue weighted by Crippen LogP contribution is 2.21. The van der Waals surface area contributed by atoms with Gasteiger partial charge >= 0.3 is 0 Å². The van der Waals surface area contributed by atoms with Gasteiger partial charge in [-0.05, 0) is 55.3 Å². The molecule has 3 aromatic heterocycles. The van der Waals surface area contributed by atoms with Crippen molar-refractivity contribution in [2.75, 3.05) is 11.1 Å². The number of carbonyl (C=O) groups is 1. The van der Waals surface area contributed by atoms with Gasteiger partial charge in [0, 0.05) is 18.1 Å². The highest BCUT2D eigenvalue weighted by Gasteiger charge is 2.11. The second kappa shape index (κ2) is 8.27. The molecule has 1 amide bonds. The number of rotatable bonds is 6.